The molecule has 5 rings (SSSR count). The molecule has 0 fully saturated rings. The van der Waals surface area contributed by atoms with E-state index in [1.807, 2.05) is 11.9 Å². The number of hydrogen-bond acceptors (Lipinski definition) is 9. The minimum absolute atomic E-state index is 0.0442. The van der Waals surface area contributed by atoms with E-state index in [-0.39, 0.29) is 23.6 Å². The average Bonchev–Trinajstić information content (AvgIpc) is 2.91. The standard InChI is InChI=1S/C25H26F3N7O3/c1-34-18(9-11-37-2)23(36)35-10-3-4-17-21(35)22(34)33-24(32-17)31-13-15-5-8-20(30-12-15)38-16-6-7-19(29-14-16)25(26,27)28/h5-8,12,14,18H,3-4,9-11,13H2,1-2H3,(H,31,32,33)/t18-/m0/s1. The molecule has 13 heteroatoms. The normalized spacial score (nSPS) is 16.9. The van der Waals surface area contributed by atoms with Gasteiger partial charge in [-0.05, 0) is 30.5 Å². The monoisotopic (exact) mass is 529 g/mol. The number of nitrogens with zero attached hydrogens (tertiary/aromatic N) is 6. The van der Waals surface area contributed by atoms with Gasteiger partial charge in [0.05, 0.1) is 11.9 Å². The number of alkyl halides is 3. The highest BCUT2D eigenvalue weighted by atomic mass is 19.4. The molecule has 2 aliphatic heterocycles. The van der Waals surface area contributed by atoms with Gasteiger partial charge in [0.2, 0.25) is 17.7 Å². The minimum Gasteiger partial charge on any atom is -0.437 e. The van der Waals surface area contributed by atoms with Crippen LogP contribution in [-0.2, 0) is 28.7 Å². The Morgan fingerprint density at radius 3 is 2.66 bits per heavy atom. The third kappa shape index (κ3) is 5.19. The summed E-state index contributed by atoms with van der Waals surface area (Å²) in [5.41, 5.74) is 1.44. The Morgan fingerprint density at radius 1 is 1.13 bits per heavy atom. The number of likely N-dealkylation sites (N-methyl/N-ethyl adjacent to an activating group) is 1. The van der Waals surface area contributed by atoms with Crippen LogP contribution in [0.5, 0.6) is 11.6 Å². The second-order valence-electron chi connectivity index (χ2n) is 9.00. The van der Waals surface area contributed by atoms with Gasteiger partial charge in [-0.25, -0.2) is 15.0 Å². The number of anilines is 3. The van der Waals surface area contributed by atoms with Gasteiger partial charge in [-0.15, -0.1) is 0 Å². The second-order valence-corrected chi connectivity index (χ2v) is 9.00. The smallest absolute Gasteiger partial charge is 0.433 e. The maximum absolute atomic E-state index is 13.1. The maximum atomic E-state index is 13.1. The summed E-state index contributed by atoms with van der Waals surface area (Å²) in [6, 6.07) is 5.09. The number of halogens is 3. The first-order valence-corrected chi connectivity index (χ1v) is 12.1. The molecule has 1 amide bonds. The van der Waals surface area contributed by atoms with Gasteiger partial charge in [0.25, 0.3) is 0 Å². The fraction of sp³-hybridized carbons (Fsp3) is 0.400. The van der Waals surface area contributed by atoms with Crippen molar-refractivity contribution >= 4 is 23.4 Å². The minimum atomic E-state index is -4.51. The zero-order valence-electron chi connectivity index (χ0n) is 20.8. The second kappa shape index (κ2) is 10.4. The third-order valence-electron chi connectivity index (χ3n) is 6.45. The molecular formula is C25H26F3N7O3. The van der Waals surface area contributed by atoms with Crippen molar-refractivity contribution in [3.05, 3.63) is 53.6 Å². The number of ether oxygens (including phenoxy) is 2. The molecule has 1 atom stereocenters. The van der Waals surface area contributed by atoms with Crippen LogP contribution >= 0.6 is 0 Å². The third-order valence-corrected chi connectivity index (χ3v) is 6.45. The number of nitrogens with one attached hydrogen (secondary N) is 1. The fourth-order valence-corrected chi connectivity index (χ4v) is 4.53. The molecule has 5 heterocycles. The first-order valence-electron chi connectivity index (χ1n) is 12.1. The summed E-state index contributed by atoms with van der Waals surface area (Å²) in [6.45, 7) is 1.50. The summed E-state index contributed by atoms with van der Waals surface area (Å²) in [6.07, 6.45) is 0.234. The number of aryl methyl sites for hydroxylation is 1. The highest BCUT2D eigenvalue weighted by Crippen LogP contribution is 2.40. The van der Waals surface area contributed by atoms with E-state index in [2.05, 4.69) is 20.3 Å². The Balaban J connectivity index is 1.27. The van der Waals surface area contributed by atoms with E-state index >= 15 is 0 Å². The molecule has 0 saturated carbocycles. The Morgan fingerprint density at radius 2 is 1.97 bits per heavy atom. The van der Waals surface area contributed by atoms with Crippen molar-refractivity contribution in [2.24, 2.45) is 0 Å². The number of amides is 1. The van der Waals surface area contributed by atoms with Gasteiger partial charge < -0.3 is 24.6 Å². The van der Waals surface area contributed by atoms with Gasteiger partial charge >= 0.3 is 6.18 Å². The fourth-order valence-electron chi connectivity index (χ4n) is 4.53. The van der Waals surface area contributed by atoms with E-state index in [0.717, 1.165) is 42.0 Å². The molecule has 10 nitrogen and oxygen atoms in total. The van der Waals surface area contributed by atoms with Gasteiger partial charge in [-0.3, -0.25) is 4.79 Å². The summed E-state index contributed by atoms with van der Waals surface area (Å²) < 4.78 is 48.7. The van der Waals surface area contributed by atoms with Crippen molar-refractivity contribution in [2.75, 3.05) is 42.4 Å². The number of carbonyl (C=O) groups excluding carboxylic acids is 1. The van der Waals surface area contributed by atoms with Crippen molar-refractivity contribution in [1.82, 2.24) is 19.9 Å². The molecular weight excluding hydrogens is 503 g/mol. The molecule has 38 heavy (non-hydrogen) atoms. The highest BCUT2D eigenvalue weighted by molar-refractivity contribution is 6.05. The van der Waals surface area contributed by atoms with Crippen LogP contribution in [0.2, 0.25) is 0 Å². The number of aromatic nitrogens is 4. The topological polar surface area (TPSA) is 106 Å². The Hall–Kier alpha value is -4.00. The first-order chi connectivity index (χ1) is 18.2. The van der Waals surface area contributed by atoms with Crippen LogP contribution in [0.15, 0.2) is 36.7 Å². The number of hydrogen-bond donors (Lipinski definition) is 1. The van der Waals surface area contributed by atoms with Crippen molar-refractivity contribution in [2.45, 2.75) is 38.0 Å². The number of pyridine rings is 2. The molecule has 0 saturated heterocycles. The molecule has 0 spiro atoms. The van der Waals surface area contributed by atoms with E-state index in [4.69, 9.17) is 14.5 Å². The van der Waals surface area contributed by atoms with E-state index in [0.29, 0.717) is 37.9 Å². The van der Waals surface area contributed by atoms with Crippen LogP contribution in [0.4, 0.5) is 30.6 Å². The van der Waals surface area contributed by atoms with E-state index in [1.54, 1.807) is 30.3 Å². The molecule has 3 aromatic heterocycles. The van der Waals surface area contributed by atoms with E-state index in [9.17, 15) is 18.0 Å². The molecule has 0 aliphatic carbocycles. The number of carbonyl (C=O) groups is 1. The average molecular weight is 530 g/mol. The largest absolute Gasteiger partial charge is 0.437 e. The lowest BCUT2D eigenvalue weighted by molar-refractivity contribution is -0.141. The van der Waals surface area contributed by atoms with Crippen LogP contribution in [-0.4, -0.2) is 59.2 Å². The predicted molar refractivity (Wildman–Crippen MR) is 132 cm³/mol. The Kier molecular flexibility index (Phi) is 7.02. The summed E-state index contributed by atoms with van der Waals surface area (Å²) in [4.78, 5) is 33.8. The molecule has 2 aliphatic rings. The highest BCUT2D eigenvalue weighted by Gasteiger charge is 2.40. The number of methoxy groups -OCH3 is 1. The predicted octanol–water partition coefficient (Wildman–Crippen LogP) is 3.82. The lowest BCUT2D eigenvalue weighted by atomic mass is 10.0. The maximum Gasteiger partial charge on any atom is 0.433 e. The zero-order chi connectivity index (χ0) is 26.9. The summed E-state index contributed by atoms with van der Waals surface area (Å²) >= 11 is 0. The van der Waals surface area contributed by atoms with Crippen molar-refractivity contribution in [3.63, 3.8) is 0 Å². The van der Waals surface area contributed by atoms with E-state index in [1.165, 1.54) is 6.07 Å². The van der Waals surface area contributed by atoms with Crippen LogP contribution in [0.3, 0.4) is 0 Å². The van der Waals surface area contributed by atoms with Crippen LogP contribution in [0.1, 0.15) is 29.8 Å². The number of rotatable bonds is 8. The molecule has 0 aromatic carbocycles. The summed E-state index contributed by atoms with van der Waals surface area (Å²) in [5, 5.41) is 3.23. The van der Waals surface area contributed by atoms with Crippen molar-refractivity contribution < 1.29 is 27.4 Å². The lowest BCUT2D eigenvalue weighted by Gasteiger charge is -2.42. The zero-order valence-corrected chi connectivity index (χ0v) is 20.8. The molecule has 200 valence electrons. The van der Waals surface area contributed by atoms with Gasteiger partial charge in [0.1, 0.15) is 23.2 Å². The van der Waals surface area contributed by atoms with Crippen LogP contribution in [0.25, 0.3) is 0 Å². The van der Waals surface area contributed by atoms with Gasteiger partial charge in [-0.1, -0.05) is 6.07 Å². The van der Waals surface area contributed by atoms with E-state index < -0.39 is 11.9 Å². The van der Waals surface area contributed by atoms with Gasteiger partial charge in [0, 0.05) is 52.5 Å². The summed E-state index contributed by atoms with van der Waals surface area (Å²) in [5.74, 6) is 1.57. The summed E-state index contributed by atoms with van der Waals surface area (Å²) in [7, 11) is 3.48. The van der Waals surface area contributed by atoms with Crippen molar-refractivity contribution in [3.8, 4) is 11.6 Å². The lowest BCUT2D eigenvalue weighted by Crippen LogP contribution is -2.54. The quantitative estimate of drug-likeness (QED) is 0.466. The molecule has 0 radical (unpaired) electrons. The molecule has 1 N–H and O–H groups in total. The molecule has 3 aromatic rings. The molecule has 0 bridgehead atoms. The van der Waals surface area contributed by atoms with Crippen LogP contribution < -0.4 is 19.9 Å². The SMILES string of the molecule is COCC[C@H]1C(=O)N2CCCc3nc(NCc4ccc(Oc5ccc(C(F)(F)F)nc5)nc4)nc(c32)N1C. The van der Waals surface area contributed by atoms with Crippen LogP contribution in [0, 0.1) is 0 Å². The van der Waals surface area contributed by atoms with Gasteiger partial charge in [-0.2, -0.15) is 18.2 Å². The first kappa shape index (κ1) is 25.6. The van der Waals surface area contributed by atoms with Gasteiger partial charge in [0.15, 0.2) is 5.82 Å². The Bertz CT molecular complexity index is 1300. The molecule has 0 unspecified atom stereocenters. The Labute approximate surface area is 216 Å². The van der Waals surface area contributed by atoms with Crippen molar-refractivity contribution in [1.29, 1.82) is 0 Å².